The first-order chi connectivity index (χ1) is 11.2. The Bertz CT molecular complexity index is 847. The number of aromatic nitrogens is 3. The molecule has 2 N–H and O–H groups in total. The first-order valence-electron chi connectivity index (χ1n) is 6.84. The third kappa shape index (κ3) is 3.09. The van der Waals surface area contributed by atoms with Crippen LogP contribution in [0.15, 0.2) is 55.0 Å². The van der Waals surface area contributed by atoms with E-state index in [1.54, 1.807) is 24.3 Å². The van der Waals surface area contributed by atoms with Crippen LogP contribution in [0.4, 0.5) is 10.1 Å². The van der Waals surface area contributed by atoms with Gasteiger partial charge in [0, 0.05) is 18.0 Å². The minimum atomic E-state index is -0.470. The van der Waals surface area contributed by atoms with Gasteiger partial charge in [-0.3, -0.25) is 9.78 Å². The summed E-state index contributed by atoms with van der Waals surface area (Å²) in [4.78, 5) is 16.1. The van der Waals surface area contributed by atoms with Gasteiger partial charge in [-0.1, -0.05) is 12.1 Å². The molecule has 6 nitrogen and oxygen atoms in total. The van der Waals surface area contributed by atoms with Crippen LogP contribution in [-0.4, -0.2) is 25.8 Å². The van der Waals surface area contributed by atoms with E-state index in [-0.39, 0.29) is 18.0 Å². The quantitative estimate of drug-likeness (QED) is 0.773. The number of nitrogens with zero attached hydrogens (tertiary/aromatic N) is 3. The third-order valence-corrected chi connectivity index (χ3v) is 3.25. The van der Waals surface area contributed by atoms with Gasteiger partial charge in [0.15, 0.2) is 5.69 Å². The summed E-state index contributed by atoms with van der Waals surface area (Å²) in [6, 6.07) is 9.23. The molecule has 3 rings (SSSR count). The number of halogens is 1. The normalized spacial score (nSPS) is 10.5. The number of anilines is 1. The van der Waals surface area contributed by atoms with E-state index >= 15 is 0 Å². The van der Waals surface area contributed by atoms with Crippen LogP contribution in [-0.2, 0) is 6.61 Å². The Labute approximate surface area is 131 Å². The van der Waals surface area contributed by atoms with Crippen LogP contribution in [0.1, 0.15) is 16.1 Å². The summed E-state index contributed by atoms with van der Waals surface area (Å²) in [5, 5.41) is 15.9. The van der Waals surface area contributed by atoms with Gasteiger partial charge in [-0.15, -0.1) is 0 Å². The van der Waals surface area contributed by atoms with E-state index < -0.39 is 11.7 Å². The molecule has 0 aliphatic heterocycles. The number of carbonyl (C=O) groups is 1. The van der Waals surface area contributed by atoms with E-state index in [2.05, 4.69) is 15.4 Å². The second-order valence-corrected chi connectivity index (χ2v) is 4.74. The summed E-state index contributed by atoms with van der Waals surface area (Å²) in [7, 11) is 0. The molecule has 23 heavy (non-hydrogen) atoms. The van der Waals surface area contributed by atoms with Gasteiger partial charge in [0.2, 0.25) is 0 Å². The zero-order valence-electron chi connectivity index (χ0n) is 12.0. The van der Waals surface area contributed by atoms with E-state index in [1.165, 1.54) is 35.4 Å². The van der Waals surface area contributed by atoms with Crippen molar-refractivity contribution >= 4 is 11.6 Å². The summed E-state index contributed by atoms with van der Waals surface area (Å²) < 4.78 is 15.0. The predicted octanol–water partition coefficient (Wildman–Crippen LogP) is 2.15. The monoisotopic (exact) mass is 312 g/mol. The van der Waals surface area contributed by atoms with Crippen molar-refractivity contribution in [2.24, 2.45) is 0 Å². The molecule has 1 amide bonds. The summed E-state index contributed by atoms with van der Waals surface area (Å²) in [6.45, 7) is -0.220. The molecule has 0 saturated heterocycles. The Morgan fingerprint density at radius 2 is 2.09 bits per heavy atom. The van der Waals surface area contributed by atoms with Crippen molar-refractivity contribution < 1.29 is 14.3 Å². The van der Waals surface area contributed by atoms with Crippen molar-refractivity contribution in [2.75, 3.05) is 5.32 Å². The molecule has 0 aliphatic rings. The average Bonchev–Trinajstić information content (AvgIpc) is 3.05. The highest BCUT2D eigenvalue weighted by Crippen LogP contribution is 2.15. The molecule has 1 aromatic carbocycles. The van der Waals surface area contributed by atoms with Crippen LogP contribution in [0.3, 0.4) is 0 Å². The molecule has 7 heteroatoms. The van der Waals surface area contributed by atoms with E-state index in [0.29, 0.717) is 11.3 Å². The molecule has 0 saturated carbocycles. The van der Waals surface area contributed by atoms with Crippen molar-refractivity contribution in [3.63, 3.8) is 0 Å². The lowest BCUT2D eigenvalue weighted by atomic mass is 10.2. The highest BCUT2D eigenvalue weighted by molar-refractivity contribution is 6.03. The topological polar surface area (TPSA) is 80.0 Å². The van der Waals surface area contributed by atoms with Gasteiger partial charge >= 0.3 is 0 Å². The third-order valence-electron chi connectivity index (χ3n) is 3.25. The van der Waals surface area contributed by atoms with Crippen molar-refractivity contribution in [3.8, 4) is 5.69 Å². The maximum Gasteiger partial charge on any atom is 0.276 e. The summed E-state index contributed by atoms with van der Waals surface area (Å²) >= 11 is 0. The Kier molecular flexibility index (Phi) is 4.11. The molecular formula is C16H13FN4O2. The number of rotatable bonds is 4. The average molecular weight is 312 g/mol. The van der Waals surface area contributed by atoms with Gasteiger partial charge in [0.05, 0.1) is 18.5 Å². The fraction of sp³-hybridized carbons (Fsp3) is 0.0625. The number of para-hydroxylation sites is 1. The van der Waals surface area contributed by atoms with E-state index in [0.717, 1.165) is 0 Å². The number of aliphatic hydroxyl groups excluding tert-OH is 1. The summed E-state index contributed by atoms with van der Waals surface area (Å²) in [5.74, 6) is -0.903. The molecule has 2 heterocycles. The van der Waals surface area contributed by atoms with Gasteiger partial charge in [-0.25, -0.2) is 9.07 Å². The Morgan fingerprint density at radius 1 is 1.26 bits per heavy atom. The number of hydrogen-bond acceptors (Lipinski definition) is 4. The van der Waals surface area contributed by atoms with Crippen LogP contribution in [0.5, 0.6) is 0 Å². The van der Waals surface area contributed by atoms with E-state index in [9.17, 15) is 14.3 Å². The second-order valence-electron chi connectivity index (χ2n) is 4.74. The maximum atomic E-state index is 13.7. The molecule has 0 fully saturated rings. The Morgan fingerprint density at radius 3 is 2.87 bits per heavy atom. The summed E-state index contributed by atoms with van der Waals surface area (Å²) in [5.41, 5.74) is 1.33. The molecule has 0 aliphatic carbocycles. The fourth-order valence-electron chi connectivity index (χ4n) is 2.08. The lowest BCUT2D eigenvalue weighted by Crippen LogP contribution is -2.15. The van der Waals surface area contributed by atoms with Gasteiger partial charge in [0.1, 0.15) is 11.5 Å². The van der Waals surface area contributed by atoms with Gasteiger partial charge in [-0.05, 0) is 24.3 Å². The van der Waals surface area contributed by atoms with Gasteiger partial charge in [0.25, 0.3) is 5.91 Å². The largest absolute Gasteiger partial charge is 0.392 e. The van der Waals surface area contributed by atoms with Crippen LogP contribution in [0.2, 0.25) is 0 Å². The number of aliphatic hydroxyl groups is 1. The van der Waals surface area contributed by atoms with Crippen LogP contribution < -0.4 is 5.32 Å². The minimum absolute atomic E-state index is 0.126. The molecule has 0 atom stereocenters. The fourth-order valence-corrected chi connectivity index (χ4v) is 2.08. The zero-order valence-corrected chi connectivity index (χ0v) is 12.0. The summed E-state index contributed by atoms with van der Waals surface area (Å²) in [6.07, 6.45) is 4.47. The van der Waals surface area contributed by atoms with E-state index in [4.69, 9.17) is 0 Å². The lowest BCUT2D eigenvalue weighted by Gasteiger charge is -2.07. The van der Waals surface area contributed by atoms with E-state index in [1.807, 2.05) is 0 Å². The second kappa shape index (κ2) is 6.37. The SMILES string of the molecule is O=C(Nc1cnccc1CO)c1ccn(-c2ccccc2F)n1. The first-order valence-corrected chi connectivity index (χ1v) is 6.84. The molecule has 0 spiro atoms. The minimum Gasteiger partial charge on any atom is -0.392 e. The number of benzene rings is 1. The Balaban J connectivity index is 1.83. The number of hydrogen-bond donors (Lipinski definition) is 2. The van der Waals surface area contributed by atoms with Crippen molar-refractivity contribution in [1.82, 2.24) is 14.8 Å². The number of pyridine rings is 1. The smallest absolute Gasteiger partial charge is 0.276 e. The van der Waals surface area contributed by atoms with Crippen LogP contribution in [0, 0.1) is 5.82 Å². The maximum absolute atomic E-state index is 13.7. The highest BCUT2D eigenvalue weighted by Gasteiger charge is 2.13. The predicted molar refractivity (Wildman–Crippen MR) is 81.6 cm³/mol. The molecule has 0 bridgehead atoms. The van der Waals surface area contributed by atoms with Gasteiger partial charge in [-0.2, -0.15) is 5.10 Å². The molecule has 0 radical (unpaired) electrons. The standard InChI is InChI=1S/C16H13FN4O2/c17-12-3-1-2-4-15(12)21-8-6-13(20-21)16(23)19-14-9-18-7-5-11(14)10-22/h1-9,22H,10H2,(H,19,23). The number of amides is 1. The number of carbonyl (C=O) groups excluding carboxylic acids is 1. The lowest BCUT2D eigenvalue weighted by molar-refractivity contribution is 0.102. The molecule has 116 valence electrons. The highest BCUT2D eigenvalue weighted by atomic mass is 19.1. The zero-order chi connectivity index (χ0) is 16.2. The molecule has 2 aromatic heterocycles. The number of nitrogens with one attached hydrogen (secondary N) is 1. The van der Waals surface area contributed by atoms with Crippen LogP contribution >= 0.6 is 0 Å². The Hall–Kier alpha value is -3.06. The molecule has 3 aromatic rings. The van der Waals surface area contributed by atoms with Crippen molar-refractivity contribution in [3.05, 3.63) is 72.1 Å². The van der Waals surface area contributed by atoms with Gasteiger partial charge < -0.3 is 10.4 Å². The van der Waals surface area contributed by atoms with Crippen molar-refractivity contribution in [2.45, 2.75) is 6.61 Å². The molecule has 0 unspecified atom stereocenters. The first kappa shape index (κ1) is 14.9. The molecular weight excluding hydrogens is 299 g/mol. The van der Waals surface area contributed by atoms with Crippen LogP contribution in [0.25, 0.3) is 5.69 Å². The van der Waals surface area contributed by atoms with Crippen molar-refractivity contribution in [1.29, 1.82) is 0 Å².